The molecule has 0 heterocycles. The largest absolute Gasteiger partial charge is 0.326 e. The van der Waals surface area contributed by atoms with Crippen LogP contribution in [-0.4, -0.2) is 5.91 Å². The Labute approximate surface area is 257 Å². The topological polar surface area (TPSA) is 29.1 Å². The number of anilines is 1. The maximum Gasteiger partial charge on any atom is 0.224 e. The SMILES string of the molecule is CCCCCCCCCCCCCCCCCCCCCCCCCCCCCCCCC(=O)Nc1ccccc1. The zero-order chi connectivity index (χ0) is 29.3. The van der Waals surface area contributed by atoms with Crippen LogP contribution in [0.3, 0.4) is 0 Å². The van der Waals surface area contributed by atoms with E-state index in [0.717, 1.165) is 12.1 Å². The highest BCUT2D eigenvalue weighted by atomic mass is 16.1. The summed E-state index contributed by atoms with van der Waals surface area (Å²) in [6.45, 7) is 2.30. The number of carbonyl (C=O) groups is 1. The lowest BCUT2D eigenvalue weighted by molar-refractivity contribution is -0.116. The summed E-state index contributed by atoms with van der Waals surface area (Å²) in [7, 11) is 0. The van der Waals surface area contributed by atoms with Gasteiger partial charge in [-0.15, -0.1) is 0 Å². The molecule has 1 aromatic rings. The number of nitrogens with one attached hydrogen (secondary N) is 1. The number of hydrogen-bond donors (Lipinski definition) is 1. The fourth-order valence-electron chi connectivity index (χ4n) is 6.05. The van der Waals surface area contributed by atoms with Crippen LogP contribution in [0.4, 0.5) is 5.69 Å². The number of amides is 1. The van der Waals surface area contributed by atoms with Crippen LogP contribution in [0.2, 0.25) is 0 Å². The normalized spacial score (nSPS) is 11.2. The van der Waals surface area contributed by atoms with E-state index in [1.54, 1.807) is 0 Å². The number of benzene rings is 1. The minimum absolute atomic E-state index is 0.149. The summed E-state index contributed by atoms with van der Waals surface area (Å²) in [5.41, 5.74) is 0.906. The molecule has 1 aromatic carbocycles. The smallest absolute Gasteiger partial charge is 0.224 e. The van der Waals surface area contributed by atoms with Gasteiger partial charge in [0.15, 0.2) is 0 Å². The van der Waals surface area contributed by atoms with Crippen molar-refractivity contribution in [3.05, 3.63) is 30.3 Å². The van der Waals surface area contributed by atoms with E-state index in [9.17, 15) is 4.79 Å². The minimum atomic E-state index is 0.149. The third-order valence-corrected chi connectivity index (χ3v) is 8.81. The Hall–Kier alpha value is -1.31. The number of rotatable bonds is 32. The summed E-state index contributed by atoms with van der Waals surface area (Å²) in [6, 6.07) is 9.78. The Kier molecular flexibility index (Phi) is 29.1. The Balaban J connectivity index is 1.65. The lowest BCUT2D eigenvalue weighted by Crippen LogP contribution is -2.10. The molecule has 0 aliphatic rings. The van der Waals surface area contributed by atoms with Crippen molar-refractivity contribution in [2.24, 2.45) is 0 Å². The van der Waals surface area contributed by atoms with E-state index in [2.05, 4.69) is 12.2 Å². The van der Waals surface area contributed by atoms with Crippen LogP contribution >= 0.6 is 0 Å². The van der Waals surface area contributed by atoms with Gasteiger partial charge in [0.05, 0.1) is 0 Å². The van der Waals surface area contributed by atoms with Crippen molar-refractivity contribution in [2.75, 3.05) is 5.32 Å². The maximum absolute atomic E-state index is 12.0. The molecule has 0 bridgehead atoms. The molecule has 0 spiro atoms. The van der Waals surface area contributed by atoms with E-state index in [1.807, 2.05) is 30.3 Å². The van der Waals surface area contributed by atoms with Gasteiger partial charge in [0.25, 0.3) is 0 Å². The zero-order valence-corrected chi connectivity index (χ0v) is 27.7. The first kappa shape index (κ1) is 37.7. The van der Waals surface area contributed by atoms with E-state index in [0.29, 0.717) is 6.42 Å². The van der Waals surface area contributed by atoms with Gasteiger partial charge in [-0.2, -0.15) is 0 Å². The van der Waals surface area contributed by atoms with Crippen molar-refractivity contribution in [1.82, 2.24) is 0 Å². The van der Waals surface area contributed by atoms with E-state index in [4.69, 9.17) is 0 Å². The molecule has 2 nitrogen and oxygen atoms in total. The fourth-order valence-corrected chi connectivity index (χ4v) is 6.05. The molecular weight excluding hydrogens is 498 g/mol. The second-order valence-corrected chi connectivity index (χ2v) is 12.9. The van der Waals surface area contributed by atoms with E-state index < -0.39 is 0 Å². The van der Waals surface area contributed by atoms with Gasteiger partial charge < -0.3 is 5.32 Å². The quantitative estimate of drug-likeness (QED) is 0.0859. The van der Waals surface area contributed by atoms with E-state index in [1.165, 1.54) is 186 Å². The van der Waals surface area contributed by atoms with Crippen molar-refractivity contribution < 1.29 is 4.79 Å². The highest BCUT2D eigenvalue weighted by molar-refractivity contribution is 5.90. The molecule has 0 radical (unpaired) electrons. The number of carbonyl (C=O) groups excluding carboxylic acids is 1. The van der Waals surface area contributed by atoms with Crippen LogP contribution in [0, 0.1) is 0 Å². The molecule has 0 fully saturated rings. The van der Waals surface area contributed by atoms with Gasteiger partial charge in [0, 0.05) is 12.1 Å². The third kappa shape index (κ3) is 28.6. The first-order valence-corrected chi connectivity index (χ1v) is 18.7. The first-order valence-electron chi connectivity index (χ1n) is 18.7. The highest BCUT2D eigenvalue weighted by Gasteiger charge is 2.02. The van der Waals surface area contributed by atoms with Crippen molar-refractivity contribution in [3.63, 3.8) is 0 Å². The second kappa shape index (κ2) is 31.6. The van der Waals surface area contributed by atoms with Crippen molar-refractivity contribution >= 4 is 11.6 Å². The lowest BCUT2D eigenvalue weighted by atomic mass is 10.0. The number of unbranched alkanes of at least 4 members (excludes halogenated alkanes) is 29. The predicted molar refractivity (Wildman–Crippen MR) is 184 cm³/mol. The molecule has 1 rings (SSSR count). The van der Waals surface area contributed by atoms with Crippen LogP contribution in [0.15, 0.2) is 30.3 Å². The van der Waals surface area contributed by atoms with Gasteiger partial charge in [0.2, 0.25) is 5.91 Å². The van der Waals surface area contributed by atoms with Gasteiger partial charge in [-0.1, -0.05) is 211 Å². The number of para-hydroxylation sites is 1. The van der Waals surface area contributed by atoms with Gasteiger partial charge in [0.1, 0.15) is 0 Å². The van der Waals surface area contributed by atoms with Crippen LogP contribution in [0.25, 0.3) is 0 Å². The minimum Gasteiger partial charge on any atom is -0.326 e. The molecule has 0 aliphatic carbocycles. The molecule has 2 heteroatoms. The molecule has 0 unspecified atom stereocenters. The molecule has 238 valence electrons. The average Bonchev–Trinajstić information content (AvgIpc) is 2.98. The van der Waals surface area contributed by atoms with Crippen molar-refractivity contribution in [2.45, 2.75) is 206 Å². The van der Waals surface area contributed by atoms with E-state index in [-0.39, 0.29) is 5.91 Å². The molecule has 0 atom stereocenters. The Bertz CT molecular complexity index is 642. The standard InChI is InChI=1S/C39H71NO/c1-2-3-4-5-6-7-8-9-10-11-12-13-14-15-16-17-18-19-20-21-22-23-24-25-26-27-28-29-30-34-37-39(41)40-38-35-32-31-33-36-38/h31-33,35-36H,2-30,34,37H2,1H3,(H,40,41). The van der Waals surface area contributed by atoms with Crippen molar-refractivity contribution in [3.8, 4) is 0 Å². The molecule has 0 aromatic heterocycles. The van der Waals surface area contributed by atoms with Gasteiger partial charge in [-0.05, 0) is 18.6 Å². The molecule has 1 N–H and O–H groups in total. The summed E-state index contributed by atoms with van der Waals surface area (Å²) >= 11 is 0. The molecule has 41 heavy (non-hydrogen) atoms. The van der Waals surface area contributed by atoms with Crippen LogP contribution < -0.4 is 5.32 Å². The molecular formula is C39H71NO. The Morgan fingerprint density at radius 1 is 0.415 bits per heavy atom. The number of hydrogen-bond acceptors (Lipinski definition) is 1. The van der Waals surface area contributed by atoms with Gasteiger partial charge >= 0.3 is 0 Å². The predicted octanol–water partition coefficient (Wildman–Crippen LogP) is 13.7. The van der Waals surface area contributed by atoms with Crippen LogP contribution in [0.1, 0.15) is 206 Å². The summed E-state index contributed by atoms with van der Waals surface area (Å²) in [6.07, 6.45) is 43.3. The van der Waals surface area contributed by atoms with E-state index >= 15 is 0 Å². The Morgan fingerprint density at radius 3 is 0.976 bits per heavy atom. The maximum atomic E-state index is 12.0. The summed E-state index contributed by atoms with van der Waals surface area (Å²) in [4.78, 5) is 12.0. The van der Waals surface area contributed by atoms with Crippen LogP contribution in [-0.2, 0) is 4.79 Å². The zero-order valence-electron chi connectivity index (χ0n) is 27.7. The summed E-state index contributed by atoms with van der Waals surface area (Å²) < 4.78 is 0. The molecule has 1 amide bonds. The van der Waals surface area contributed by atoms with Crippen LogP contribution in [0.5, 0.6) is 0 Å². The summed E-state index contributed by atoms with van der Waals surface area (Å²) in [5, 5.41) is 2.98. The summed E-state index contributed by atoms with van der Waals surface area (Å²) in [5.74, 6) is 0.149. The lowest BCUT2D eigenvalue weighted by Gasteiger charge is -2.05. The van der Waals surface area contributed by atoms with Gasteiger partial charge in [-0.25, -0.2) is 0 Å². The monoisotopic (exact) mass is 570 g/mol. The third-order valence-electron chi connectivity index (χ3n) is 8.81. The Morgan fingerprint density at radius 2 is 0.683 bits per heavy atom. The van der Waals surface area contributed by atoms with Gasteiger partial charge in [-0.3, -0.25) is 4.79 Å². The van der Waals surface area contributed by atoms with Crippen molar-refractivity contribution in [1.29, 1.82) is 0 Å². The molecule has 0 saturated heterocycles. The second-order valence-electron chi connectivity index (χ2n) is 12.9. The highest BCUT2D eigenvalue weighted by Crippen LogP contribution is 2.17. The first-order chi connectivity index (χ1) is 20.3. The fraction of sp³-hybridized carbons (Fsp3) is 0.821. The average molecular weight is 570 g/mol. The molecule has 0 saturated carbocycles. The molecule has 0 aliphatic heterocycles.